The fourth-order valence-corrected chi connectivity index (χ4v) is 3.36. The third-order valence-electron chi connectivity index (χ3n) is 4.47. The van der Waals surface area contributed by atoms with Crippen molar-refractivity contribution in [2.24, 2.45) is 5.41 Å². The van der Waals surface area contributed by atoms with E-state index in [0.29, 0.717) is 5.75 Å². The smallest absolute Gasteiger partial charge is 0.328 e. The molecule has 186 valence electrons. The van der Waals surface area contributed by atoms with Gasteiger partial charge in [0.1, 0.15) is 6.10 Å². The Morgan fingerprint density at radius 1 is 1.09 bits per heavy atom. The van der Waals surface area contributed by atoms with Crippen molar-refractivity contribution in [3.8, 4) is 0 Å². The van der Waals surface area contributed by atoms with E-state index in [1.54, 1.807) is 13.8 Å². The van der Waals surface area contributed by atoms with E-state index in [4.69, 9.17) is 24.4 Å². The summed E-state index contributed by atoms with van der Waals surface area (Å²) >= 11 is 0.946. The predicted molar refractivity (Wildman–Crippen MR) is 116 cm³/mol. The predicted octanol–water partition coefficient (Wildman–Crippen LogP) is 0.116. The monoisotopic (exact) mass is 490 g/mol. The Morgan fingerprint density at radius 3 is 2.39 bits per heavy atom. The van der Waals surface area contributed by atoms with E-state index in [9.17, 15) is 24.0 Å². The van der Waals surface area contributed by atoms with Crippen molar-refractivity contribution >= 4 is 40.6 Å². The molecule has 12 nitrogen and oxygen atoms in total. The molecule has 4 N–H and O–H groups in total. The Balaban J connectivity index is 2.45. The van der Waals surface area contributed by atoms with E-state index in [1.807, 2.05) is 0 Å². The molecular formula is C20H30N2O10S. The third-order valence-corrected chi connectivity index (χ3v) is 5.41. The first-order chi connectivity index (χ1) is 15.4. The number of aliphatic carboxylic acids is 2. The molecule has 1 aliphatic heterocycles. The van der Waals surface area contributed by atoms with Gasteiger partial charge in [-0.3, -0.25) is 19.2 Å². The molecule has 2 atom stereocenters. The van der Waals surface area contributed by atoms with E-state index in [1.165, 1.54) is 7.11 Å². The lowest BCUT2D eigenvalue weighted by Gasteiger charge is -2.45. The zero-order valence-electron chi connectivity index (χ0n) is 18.8. The van der Waals surface area contributed by atoms with Crippen molar-refractivity contribution in [2.45, 2.75) is 45.2 Å². The summed E-state index contributed by atoms with van der Waals surface area (Å²) in [6.07, 6.45) is 0.498. The summed E-state index contributed by atoms with van der Waals surface area (Å²) in [5, 5.41) is 22.3. The van der Waals surface area contributed by atoms with Gasteiger partial charge in [0.15, 0.2) is 5.12 Å². The molecule has 0 aliphatic carbocycles. The molecule has 0 spiro atoms. The zero-order chi connectivity index (χ0) is 25.1. The summed E-state index contributed by atoms with van der Waals surface area (Å²) in [6, 6.07) is 0. The molecule has 0 aromatic heterocycles. The van der Waals surface area contributed by atoms with E-state index in [2.05, 4.69) is 10.6 Å². The second-order valence-corrected chi connectivity index (χ2v) is 8.91. The molecule has 13 heteroatoms. The summed E-state index contributed by atoms with van der Waals surface area (Å²) < 4.78 is 16.3. The van der Waals surface area contributed by atoms with Gasteiger partial charge < -0.3 is 35.1 Å². The van der Waals surface area contributed by atoms with E-state index >= 15 is 0 Å². The number of amides is 2. The molecule has 1 unspecified atom stereocenters. The highest BCUT2D eigenvalue weighted by Crippen LogP contribution is 2.36. The van der Waals surface area contributed by atoms with Gasteiger partial charge in [-0.1, -0.05) is 25.6 Å². The minimum atomic E-state index is -1.83. The maximum atomic E-state index is 12.7. The first kappa shape index (κ1) is 28.6. The maximum Gasteiger partial charge on any atom is 0.328 e. The number of carboxylic acid groups (broad SMARTS) is 2. The van der Waals surface area contributed by atoms with Gasteiger partial charge in [-0.15, -0.1) is 0 Å². The van der Waals surface area contributed by atoms with Crippen LogP contribution in [0.5, 0.6) is 0 Å². The standard InChI is InChI=1S/C20H30N2O10S/c1-19(2)12-31-20(30-3,8-6-15(26)27)32-17(19)18(29)22-9-7-13(23)21-10-11-33-16(28)5-4-14(24)25/h6,8,17H,4-5,7,9-12H2,1-3H3,(H,21,23)(H,22,29)(H,24,25)(H,26,27)/b8-6+/t17-,20?/m0/s1. The minimum Gasteiger partial charge on any atom is -0.481 e. The number of nitrogens with one attached hydrogen (secondary N) is 2. The van der Waals surface area contributed by atoms with Crippen LogP contribution in [0.2, 0.25) is 0 Å². The summed E-state index contributed by atoms with van der Waals surface area (Å²) in [6.45, 7) is 3.77. The topological polar surface area (TPSA) is 178 Å². The number of hydrogen-bond acceptors (Lipinski definition) is 9. The second kappa shape index (κ2) is 13.3. The second-order valence-electron chi connectivity index (χ2n) is 7.76. The number of carboxylic acids is 2. The molecular weight excluding hydrogens is 460 g/mol. The van der Waals surface area contributed by atoms with Gasteiger partial charge >= 0.3 is 17.9 Å². The first-order valence-corrected chi connectivity index (χ1v) is 11.1. The van der Waals surface area contributed by atoms with Gasteiger partial charge in [0.05, 0.1) is 13.0 Å². The zero-order valence-corrected chi connectivity index (χ0v) is 19.6. The SMILES string of the molecule is COC1(/C=C/C(=O)O)OCC(C)(C)[C@H](C(=O)NCCC(=O)NCCSC(=O)CCC(=O)O)O1. The Kier molecular flexibility index (Phi) is 11.5. The summed E-state index contributed by atoms with van der Waals surface area (Å²) in [4.78, 5) is 57.3. The van der Waals surface area contributed by atoms with Crippen LogP contribution in [0.4, 0.5) is 0 Å². The van der Waals surface area contributed by atoms with E-state index in [0.717, 1.165) is 23.9 Å². The third kappa shape index (κ3) is 10.3. The van der Waals surface area contributed by atoms with Crippen molar-refractivity contribution in [2.75, 3.05) is 32.6 Å². The average Bonchev–Trinajstić information content (AvgIpc) is 2.74. The number of carbonyl (C=O) groups excluding carboxylic acids is 3. The molecule has 1 heterocycles. The minimum absolute atomic E-state index is 0.0125. The van der Waals surface area contributed by atoms with Crippen LogP contribution in [0.15, 0.2) is 12.2 Å². The lowest BCUT2D eigenvalue weighted by molar-refractivity contribution is -0.396. The van der Waals surface area contributed by atoms with Crippen molar-refractivity contribution in [1.29, 1.82) is 0 Å². The van der Waals surface area contributed by atoms with Crippen molar-refractivity contribution in [3.63, 3.8) is 0 Å². The summed E-state index contributed by atoms with van der Waals surface area (Å²) in [7, 11) is 1.25. The van der Waals surface area contributed by atoms with Gasteiger partial charge in [-0.2, -0.15) is 0 Å². The molecule has 0 saturated carbocycles. The summed E-state index contributed by atoms with van der Waals surface area (Å²) in [5.74, 6) is -4.65. The molecule has 0 aromatic rings. The van der Waals surface area contributed by atoms with Crippen LogP contribution in [0.1, 0.15) is 33.1 Å². The van der Waals surface area contributed by atoms with Gasteiger partial charge in [-0.05, 0) is 0 Å². The molecule has 0 bridgehead atoms. The fraction of sp³-hybridized carbons (Fsp3) is 0.650. The summed E-state index contributed by atoms with van der Waals surface area (Å²) in [5.41, 5.74) is -0.754. The van der Waals surface area contributed by atoms with Crippen molar-refractivity contribution in [1.82, 2.24) is 10.6 Å². The highest BCUT2D eigenvalue weighted by molar-refractivity contribution is 8.13. The molecule has 1 fully saturated rings. The normalized spacial score (nSPS) is 22.0. The molecule has 0 aromatic carbocycles. The molecule has 2 amide bonds. The molecule has 33 heavy (non-hydrogen) atoms. The number of rotatable bonds is 13. The Labute approximate surface area is 195 Å². The lowest BCUT2D eigenvalue weighted by atomic mass is 9.85. The Hall–Kier alpha value is -2.48. The van der Waals surface area contributed by atoms with Crippen molar-refractivity contribution < 1.29 is 48.4 Å². The molecule has 1 rings (SSSR count). The van der Waals surface area contributed by atoms with Crippen LogP contribution < -0.4 is 10.6 Å². The largest absolute Gasteiger partial charge is 0.481 e. The van der Waals surface area contributed by atoms with Crippen LogP contribution in [-0.2, 0) is 38.2 Å². The van der Waals surface area contributed by atoms with Gasteiger partial charge in [0.2, 0.25) is 11.8 Å². The van der Waals surface area contributed by atoms with Gasteiger partial charge in [-0.25, -0.2) is 4.79 Å². The van der Waals surface area contributed by atoms with E-state index in [-0.39, 0.29) is 50.0 Å². The number of hydrogen-bond donors (Lipinski definition) is 4. The van der Waals surface area contributed by atoms with Crippen LogP contribution in [0.25, 0.3) is 0 Å². The number of methoxy groups -OCH3 is 1. The maximum absolute atomic E-state index is 12.7. The molecule has 0 radical (unpaired) electrons. The molecule has 1 saturated heterocycles. The Bertz CT molecular complexity index is 770. The first-order valence-electron chi connectivity index (χ1n) is 10.1. The van der Waals surface area contributed by atoms with Crippen molar-refractivity contribution in [3.05, 3.63) is 12.2 Å². The highest BCUT2D eigenvalue weighted by Gasteiger charge is 2.49. The molecule has 1 aliphatic rings. The lowest BCUT2D eigenvalue weighted by Crippen LogP contribution is -2.58. The fourth-order valence-electron chi connectivity index (χ4n) is 2.68. The highest BCUT2D eigenvalue weighted by atomic mass is 32.2. The van der Waals surface area contributed by atoms with Gasteiger partial charge in [0.25, 0.3) is 0 Å². The number of thioether (sulfide) groups is 1. The van der Waals surface area contributed by atoms with Crippen LogP contribution >= 0.6 is 11.8 Å². The Morgan fingerprint density at radius 2 is 1.79 bits per heavy atom. The van der Waals surface area contributed by atoms with Crippen LogP contribution in [-0.4, -0.2) is 83.7 Å². The quantitative estimate of drug-likeness (QED) is 0.203. The number of ether oxygens (including phenoxy) is 3. The van der Waals surface area contributed by atoms with E-state index < -0.39 is 35.3 Å². The number of carbonyl (C=O) groups is 5. The van der Waals surface area contributed by atoms with Crippen LogP contribution in [0, 0.1) is 5.41 Å². The van der Waals surface area contributed by atoms with Gasteiger partial charge in [0, 0.05) is 56.4 Å². The average molecular weight is 491 g/mol. The van der Waals surface area contributed by atoms with Crippen LogP contribution in [0.3, 0.4) is 0 Å².